The van der Waals surface area contributed by atoms with E-state index in [0.29, 0.717) is 10.8 Å². The SMILES string of the molecule is CC1=[C-]CC(C(C)(C)C)=C1.CC1=[C-]CC(C(C)(C)C)=C1.[Cl-].[Cl-].[Zr+2]=[Si](c1ccccc1)c1ccccc1. The summed E-state index contributed by atoms with van der Waals surface area (Å²) in [7, 11) is 0. The molecule has 0 saturated heterocycles. The van der Waals surface area contributed by atoms with E-state index in [1.165, 1.54) is 32.7 Å². The number of hydrogen-bond donors (Lipinski definition) is 0. The average molecular weight is 615 g/mol. The molecule has 0 aliphatic heterocycles. The van der Waals surface area contributed by atoms with E-state index in [4.69, 9.17) is 0 Å². The molecule has 2 aromatic rings. The molecule has 0 fully saturated rings. The first-order valence-corrected chi connectivity index (χ1v) is 17.3. The van der Waals surface area contributed by atoms with Crippen molar-refractivity contribution in [1.29, 1.82) is 0 Å². The van der Waals surface area contributed by atoms with Crippen LogP contribution in [0.15, 0.2) is 95.1 Å². The molecule has 4 rings (SSSR count). The van der Waals surface area contributed by atoms with Gasteiger partial charge >= 0.3 is 99.8 Å². The van der Waals surface area contributed by atoms with E-state index >= 15 is 0 Å². The monoisotopic (exact) mass is 612 g/mol. The maximum atomic E-state index is 3.30. The number of benzene rings is 2. The molecule has 0 spiro atoms. The van der Waals surface area contributed by atoms with Crippen LogP contribution >= 0.6 is 0 Å². The van der Waals surface area contributed by atoms with Crippen LogP contribution in [-0.2, 0) is 23.3 Å². The molecule has 0 radical (unpaired) electrons. The van der Waals surface area contributed by atoms with Crippen LogP contribution in [0.25, 0.3) is 0 Å². The van der Waals surface area contributed by atoms with Gasteiger partial charge in [0.2, 0.25) is 0 Å². The molecular formula is C32H40Cl2SiZr-2. The molecule has 2 aliphatic rings. The summed E-state index contributed by atoms with van der Waals surface area (Å²) >= 11 is 1.64. The van der Waals surface area contributed by atoms with Crippen LogP contribution in [0.1, 0.15) is 68.2 Å². The van der Waals surface area contributed by atoms with E-state index < -0.39 is 5.43 Å². The Morgan fingerprint density at radius 2 is 0.917 bits per heavy atom. The summed E-state index contributed by atoms with van der Waals surface area (Å²) in [4.78, 5) is 0. The van der Waals surface area contributed by atoms with Crippen molar-refractivity contribution in [3.05, 3.63) is 107 Å². The van der Waals surface area contributed by atoms with Gasteiger partial charge in [-0.1, -0.05) is 55.4 Å². The van der Waals surface area contributed by atoms with E-state index in [0.717, 1.165) is 12.8 Å². The molecule has 36 heavy (non-hydrogen) atoms. The Morgan fingerprint density at radius 1 is 0.611 bits per heavy atom. The molecule has 4 heteroatoms. The third-order valence-electron chi connectivity index (χ3n) is 5.95. The van der Waals surface area contributed by atoms with E-state index in [9.17, 15) is 0 Å². The van der Waals surface area contributed by atoms with Crippen LogP contribution in [0.3, 0.4) is 0 Å². The topological polar surface area (TPSA) is 0 Å². The zero-order chi connectivity index (χ0) is 25.4. The van der Waals surface area contributed by atoms with E-state index in [2.05, 4.69) is 140 Å². The van der Waals surface area contributed by atoms with Crippen molar-refractivity contribution in [2.24, 2.45) is 10.8 Å². The third kappa shape index (κ3) is 12.1. The van der Waals surface area contributed by atoms with Gasteiger partial charge in [0, 0.05) is 0 Å². The Kier molecular flexibility index (Phi) is 15.7. The standard InChI is InChI=1S/C12H10Si.2C10H15.2ClH.Zr/c1-3-7-11(8-4-1)13-12-9-5-2-6-10-12;2*1-8-5-6-9(7-8)10(2,3)4;;;/h1-10H;2*7H,6H2,1-4H3;2*1H;/q;2*-1;;;+2/p-2. The van der Waals surface area contributed by atoms with E-state index in [1.807, 2.05) is 0 Å². The van der Waals surface area contributed by atoms with Gasteiger partial charge in [-0.25, -0.2) is 23.3 Å². The molecular weight excluding hydrogens is 575 g/mol. The van der Waals surface area contributed by atoms with Crippen molar-refractivity contribution in [3.8, 4) is 0 Å². The van der Waals surface area contributed by atoms with Gasteiger partial charge in [-0.05, 0) is 10.8 Å². The van der Waals surface area contributed by atoms with Gasteiger partial charge in [0.15, 0.2) is 0 Å². The van der Waals surface area contributed by atoms with Crippen LogP contribution in [0, 0.1) is 23.0 Å². The molecule has 2 aliphatic carbocycles. The fourth-order valence-corrected chi connectivity index (χ4v) is 7.38. The van der Waals surface area contributed by atoms with Gasteiger partial charge in [0.1, 0.15) is 0 Å². The number of hydrogen-bond acceptors (Lipinski definition) is 0. The second kappa shape index (κ2) is 16.1. The Hall–Kier alpha value is -0.920. The van der Waals surface area contributed by atoms with Gasteiger partial charge in [-0.2, -0.15) is 11.1 Å². The molecule has 0 N–H and O–H groups in total. The summed E-state index contributed by atoms with van der Waals surface area (Å²) in [6.45, 7) is 17.7. The number of rotatable bonds is 2. The Balaban J connectivity index is 0.000000508. The van der Waals surface area contributed by atoms with Crippen molar-refractivity contribution >= 4 is 15.8 Å². The number of halogens is 2. The van der Waals surface area contributed by atoms with Gasteiger partial charge in [0.25, 0.3) is 0 Å². The fourth-order valence-electron chi connectivity index (χ4n) is 3.54. The summed E-state index contributed by atoms with van der Waals surface area (Å²) in [5.41, 5.74) is 5.82. The molecule has 0 bridgehead atoms. The first-order valence-electron chi connectivity index (χ1n) is 12.1. The third-order valence-corrected chi connectivity index (χ3v) is 12.0. The zero-order valence-corrected chi connectivity index (χ0v) is 28.1. The van der Waals surface area contributed by atoms with Gasteiger partial charge in [0.05, 0.1) is 0 Å². The second-order valence-electron chi connectivity index (χ2n) is 11.0. The molecule has 0 atom stereocenters. The maximum absolute atomic E-state index is 3.30. The van der Waals surface area contributed by atoms with Crippen LogP contribution in [0.2, 0.25) is 0 Å². The minimum atomic E-state index is -0.455. The molecule has 0 aromatic heterocycles. The second-order valence-corrected chi connectivity index (χ2v) is 16.6. The van der Waals surface area contributed by atoms with Crippen molar-refractivity contribution in [2.75, 3.05) is 0 Å². The van der Waals surface area contributed by atoms with Gasteiger partial charge < -0.3 is 24.8 Å². The average Bonchev–Trinajstić information content (AvgIpc) is 3.44. The van der Waals surface area contributed by atoms with Crippen molar-refractivity contribution in [2.45, 2.75) is 68.2 Å². The van der Waals surface area contributed by atoms with Crippen LogP contribution in [0.4, 0.5) is 0 Å². The summed E-state index contributed by atoms with van der Waals surface area (Å²) in [6, 6.07) is 21.7. The first-order chi connectivity index (χ1) is 15.9. The van der Waals surface area contributed by atoms with Crippen LogP contribution in [0.5, 0.6) is 0 Å². The Labute approximate surface area is 248 Å². The van der Waals surface area contributed by atoms with Crippen LogP contribution in [-0.4, -0.2) is 5.43 Å². The Morgan fingerprint density at radius 3 is 1.11 bits per heavy atom. The fraction of sp³-hybridized carbons (Fsp3) is 0.375. The molecule has 0 nitrogen and oxygen atoms in total. The number of allylic oxidation sites excluding steroid dienone is 8. The quantitative estimate of drug-likeness (QED) is 0.356. The van der Waals surface area contributed by atoms with Gasteiger partial charge in [-0.3, -0.25) is 12.2 Å². The molecule has 192 valence electrons. The van der Waals surface area contributed by atoms with Gasteiger partial charge in [-0.15, -0.1) is 12.8 Å². The summed E-state index contributed by atoms with van der Waals surface area (Å²) in [6.07, 6.45) is 13.2. The Bertz CT molecular complexity index is 993. The molecule has 0 unspecified atom stereocenters. The molecule has 2 aromatic carbocycles. The van der Waals surface area contributed by atoms with Crippen molar-refractivity contribution < 1.29 is 48.1 Å². The zero-order valence-electron chi connectivity index (χ0n) is 23.1. The predicted octanol–water partition coefficient (Wildman–Crippen LogP) is 1.57. The summed E-state index contributed by atoms with van der Waals surface area (Å²) < 4.78 is 0. The van der Waals surface area contributed by atoms with E-state index in [1.54, 1.807) is 23.3 Å². The first kappa shape index (κ1) is 35.1. The van der Waals surface area contributed by atoms with Crippen molar-refractivity contribution in [1.82, 2.24) is 0 Å². The van der Waals surface area contributed by atoms with Crippen LogP contribution < -0.4 is 35.2 Å². The minimum absolute atomic E-state index is 0. The molecule has 0 heterocycles. The summed E-state index contributed by atoms with van der Waals surface area (Å²) in [5, 5.41) is 3.03. The molecule has 0 saturated carbocycles. The predicted molar refractivity (Wildman–Crippen MR) is 147 cm³/mol. The van der Waals surface area contributed by atoms with E-state index in [-0.39, 0.29) is 24.8 Å². The normalized spacial score (nSPS) is 14.3. The molecule has 0 amide bonds. The summed E-state index contributed by atoms with van der Waals surface area (Å²) in [5.74, 6) is 0. The van der Waals surface area contributed by atoms with Crippen molar-refractivity contribution in [3.63, 3.8) is 0 Å².